The van der Waals surface area contributed by atoms with Crippen molar-refractivity contribution in [3.05, 3.63) is 40.5 Å². The van der Waals surface area contributed by atoms with Crippen molar-refractivity contribution in [2.24, 2.45) is 0 Å². The summed E-state index contributed by atoms with van der Waals surface area (Å²) in [7, 11) is 1.59. The van der Waals surface area contributed by atoms with E-state index in [2.05, 4.69) is 15.5 Å². The predicted octanol–water partition coefficient (Wildman–Crippen LogP) is 2.93. The van der Waals surface area contributed by atoms with Crippen LogP contribution in [0.5, 0.6) is 0 Å². The van der Waals surface area contributed by atoms with Crippen LogP contribution in [0.2, 0.25) is 5.02 Å². The molecule has 0 atom stereocenters. The number of carbonyl (C=O) groups excluding carboxylic acids is 1. The normalized spacial score (nSPS) is 11.0. The first-order chi connectivity index (χ1) is 10.7. The Hall–Kier alpha value is -1.96. The van der Waals surface area contributed by atoms with E-state index >= 15 is 0 Å². The van der Waals surface area contributed by atoms with Crippen molar-refractivity contribution < 1.29 is 9.53 Å². The van der Waals surface area contributed by atoms with E-state index in [-0.39, 0.29) is 12.5 Å². The van der Waals surface area contributed by atoms with Gasteiger partial charge in [-0.05, 0) is 18.2 Å². The van der Waals surface area contributed by atoms with E-state index in [0.29, 0.717) is 16.8 Å². The summed E-state index contributed by atoms with van der Waals surface area (Å²) in [6, 6.07) is 7.51. The molecule has 6 nitrogen and oxygen atoms in total. The van der Waals surface area contributed by atoms with Crippen molar-refractivity contribution in [2.45, 2.75) is 13.2 Å². The number of benzene rings is 1. The van der Waals surface area contributed by atoms with Gasteiger partial charge in [-0.25, -0.2) is 0 Å². The molecule has 0 saturated carbocycles. The zero-order chi connectivity index (χ0) is 15.5. The molecule has 0 aliphatic heterocycles. The maximum atomic E-state index is 12.1. The molecule has 0 aliphatic carbocycles. The number of hydrogen-bond donors (Lipinski definition) is 1. The number of ether oxygens (including phenoxy) is 1. The van der Waals surface area contributed by atoms with E-state index in [1.807, 2.05) is 35.0 Å². The van der Waals surface area contributed by atoms with Gasteiger partial charge >= 0.3 is 0 Å². The lowest BCUT2D eigenvalue weighted by Gasteiger charge is -2.05. The fourth-order valence-electron chi connectivity index (χ4n) is 2.12. The first-order valence-corrected chi connectivity index (χ1v) is 7.71. The number of anilines is 1. The van der Waals surface area contributed by atoms with Crippen LogP contribution in [0.3, 0.4) is 0 Å². The zero-order valence-electron chi connectivity index (χ0n) is 11.7. The number of aromatic nitrogens is 3. The average Bonchev–Trinajstić information content (AvgIpc) is 3.08. The van der Waals surface area contributed by atoms with Crippen molar-refractivity contribution in [2.75, 3.05) is 12.4 Å². The quantitative estimate of drug-likeness (QED) is 0.777. The zero-order valence-corrected chi connectivity index (χ0v) is 13.3. The molecule has 0 radical (unpaired) electrons. The lowest BCUT2D eigenvalue weighted by molar-refractivity contribution is -0.116. The van der Waals surface area contributed by atoms with E-state index < -0.39 is 0 Å². The van der Waals surface area contributed by atoms with Crippen molar-refractivity contribution in [3.63, 3.8) is 0 Å². The lowest BCUT2D eigenvalue weighted by Crippen LogP contribution is -2.18. The maximum absolute atomic E-state index is 12.1. The molecule has 1 N–H and O–H groups in total. The molecule has 2 aromatic heterocycles. The van der Waals surface area contributed by atoms with Crippen LogP contribution in [0, 0.1) is 0 Å². The first-order valence-electron chi connectivity index (χ1n) is 6.52. The van der Waals surface area contributed by atoms with Gasteiger partial charge in [0.15, 0.2) is 0 Å². The van der Waals surface area contributed by atoms with E-state index in [1.54, 1.807) is 7.11 Å². The molecule has 0 aliphatic rings. The molecule has 0 unspecified atom stereocenters. The SMILES string of the molecule is COCc1nnc(NC(=O)Cn2ccc3c(Cl)cccc32)s1. The summed E-state index contributed by atoms with van der Waals surface area (Å²) in [6.07, 6.45) is 1.84. The summed E-state index contributed by atoms with van der Waals surface area (Å²) in [5, 5.41) is 13.3. The van der Waals surface area contributed by atoms with E-state index in [1.165, 1.54) is 11.3 Å². The molecule has 0 fully saturated rings. The Morgan fingerprint density at radius 1 is 1.41 bits per heavy atom. The minimum Gasteiger partial charge on any atom is -0.377 e. The number of halogens is 1. The third kappa shape index (κ3) is 3.11. The van der Waals surface area contributed by atoms with Crippen molar-refractivity contribution >= 4 is 44.9 Å². The molecule has 114 valence electrons. The van der Waals surface area contributed by atoms with Crippen molar-refractivity contribution in [1.29, 1.82) is 0 Å². The largest absolute Gasteiger partial charge is 0.377 e. The Morgan fingerprint density at radius 2 is 2.27 bits per heavy atom. The molecule has 1 aromatic carbocycles. The number of fused-ring (bicyclic) bond motifs is 1. The monoisotopic (exact) mass is 336 g/mol. The number of amides is 1. The van der Waals surface area contributed by atoms with Gasteiger partial charge in [0.2, 0.25) is 11.0 Å². The molecule has 1 amide bonds. The molecular weight excluding hydrogens is 324 g/mol. The van der Waals surface area contributed by atoms with Crippen LogP contribution in [0.25, 0.3) is 10.9 Å². The van der Waals surface area contributed by atoms with E-state index in [0.717, 1.165) is 15.9 Å². The van der Waals surface area contributed by atoms with Gasteiger partial charge in [-0.3, -0.25) is 10.1 Å². The Kier molecular flexibility index (Phi) is 4.37. The second-order valence-corrected chi connectivity index (χ2v) is 6.07. The van der Waals surface area contributed by atoms with E-state index in [9.17, 15) is 4.79 Å². The summed E-state index contributed by atoms with van der Waals surface area (Å²) >= 11 is 7.42. The number of hydrogen-bond acceptors (Lipinski definition) is 5. The van der Waals surface area contributed by atoms with Gasteiger partial charge in [0.25, 0.3) is 0 Å². The highest BCUT2D eigenvalue weighted by Crippen LogP contribution is 2.24. The fraction of sp³-hybridized carbons (Fsp3) is 0.214. The average molecular weight is 337 g/mol. The van der Waals surface area contributed by atoms with Crippen LogP contribution in [0.4, 0.5) is 5.13 Å². The summed E-state index contributed by atoms with van der Waals surface area (Å²) in [4.78, 5) is 12.1. The molecule has 0 saturated heterocycles. The highest BCUT2D eigenvalue weighted by atomic mass is 35.5. The summed E-state index contributed by atoms with van der Waals surface area (Å²) in [5.74, 6) is -0.169. The Balaban J connectivity index is 1.71. The van der Waals surface area contributed by atoms with Crippen LogP contribution in [0.1, 0.15) is 5.01 Å². The number of carbonyl (C=O) groups is 1. The second kappa shape index (κ2) is 6.43. The maximum Gasteiger partial charge on any atom is 0.246 e. The standard InChI is InChI=1S/C14H13ClN4O2S/c1-21-8-13-17-18-14(22-13)16-12(20)7-19-6-5-9-10(15)3-2-4-11(9)19/h2-6H,7-8H2,1H3,(H,16,18,20). The highest BCUT2D eigenvalue weighted by Gasteiger charge is 2.11. The third-order valence-electron chi connectivity index (χ3n) is 3.06. The van der Waals surface area contributed by atoms with Crippen LogP contribution in [-0.2, 0) is 22.7 Å². The first kappa shape index (κ1) is 15.0. The predicted molar refractivity (Wildman–Crippen MR) is 86.2 cm³/mol. The molecular formula is C14H13ClN4O2S. The summed E-state index contributed by atoms with van der Waals surface area (Å²) in [5.41, 5.74) is 0.917. The number of methoxy groups -OCH3 is 1. The van der Waals surface area contributed by atoms with Crippen LogP contribution in [0.15, 0.2) is 30.5 Å². The number of rotatable bonds is 5. The Labute approximate surface area is 135 Å². The summed E-state index contributed by atoms with van der Waals surface area (Å²) < 4.78 is 6.81. The minimum absolute atomic E-state index is 0.169. The van der Waals surface area contributed by atoms with Crippen LogP contribution in [-0.4, -0.2) is 27.8 Å². The Bertz CT molecular complexity index is 814. The smallest absolute Gasteiger partial charge is 0.246 e. The van der Waals surface area contributed by atoms with Crippen LogP contribution >= 0.6 is 22.9 Å². The van der Waals surface area contributed by atoms with Crippen molar-refractivity contribution in [1.82, 2.24) is 14.8 Å². The number of nitrogens with one attached hydrogen (secondary N) is 1. The molecule has 8 heteroatoms. The molecule has 0 spiro atoms. The summed E-state index contributed by atoms with van der Waals surface area (Å²) in [6.45, 7) is 0.567. The van der Waals surface area contributed by atoms with Gasteiger partial charge in [0.05, 0.1) is 0 Å². The molecule has 3 aromatic rings. The van der Waals surface area contributed by atoms with Gasteiger partial charge in [-0.15, -0.1) is 10.2 Å². The molecule has 3 rings (SSSR count). The van der Waals surface area contributed by atoms with E-state index in [4.69, 9.17) is 16.3 Å². The third-order valence-corrected chi connectivity index (χ3v) is 4.20. The second-order valence-electron chi connectivity index (χ2n) is 4.60. The molecule has 22 heavy (non-hydrogen) atoms. The van der Waals surface area contributed by atoms with Gasteiger partial charge in [0, 0.05) is 29.2 Å². The fourth-order valence-corrected chi connectivity index (χ4v) is 3.08. The topological polar surface area (TPSA) is 69.0 Å². The van der Waals surface area contributed by atoms with Gasteiger partial charge in [0.1, 0.15) is 18.2 Å². The van der Waals surface area contributed by atoms with Gasteiger partial charge in [-0.2, -0.15) is 0 Å². The Morgan fingerprint density at radius 3 is 3.09 bits per heavy atom. The van der Waals surface area contributed by atoms with Crippen LogP contribution < -0.4 is 5.32 Å². The lowest BCUT2D eigenvalue weighted by atomic mass is 10.2. The van der Waals surface area contributed by atoms with Crippen molar-refractivity contribution in [3.8, 4) is 0 Å². The molecule has 2 heterocycles. The van der Waals surface area contributed by atoms with Gasteiger partial charge < -0.3 is 9.30 Å². The minimum atomic E-state index is -0.169. The molecule has 0 bridgehead atoms. The van der Waals surface area contributed by atoms with Gasteiger partial charge in [-0.1, -0.05) is 29.0 Å². The number of nitrogens with zero attached hydrogens (tertiary/aromatic N) is 3. The highest BCUT2D eigenvalue weighted by molar-refractivity contribution is 7.15.